The number of amides is 1. The van der Waals surface area contributed by atoms with E-state index in [9.17, 15) is 26.4 Å². The van der Waals surface area contributed by atoms with Gasteiger partial charge >= 0.3 is 6.18 Å². The van der Waals surface area contributed by atoms with E-state index in [0.717, 1.165) is 12.1 Å². The molecule has 0 saturated carbocycles. The van der Waals surface area contributed by atoms with Crippen molar-refractivity contribution in [2.45, 2.75) is 24.9 Å². The van der Waals surface area contributed by atoms with E-state index in [1.165, 1.54) is 19.1 Å². The van der Waals surface area contributed by atoms with Gasteiger partial charge in [-0.15, -0.1) is 0 Å². The van der Waals surface area contributed by atoms with Crippen LogP contribution in [0.5, 0.6) is 0 Å². The molecule has 0 aliphatic heterocycles. The number of sulfonamides is 1. The maximum Gasteiger partial charge on any atom is 0.417 e. The highest BCUT2D eigenvalue weighted by atomic mass is 35.5. The lowest BCUT2D eigenvalue weighted by Gasteiger charge is -2.13. The van der Waals surface area contributed by atoms with Gasteiger partial charge in [0.1, 0.15) is 0 Å². The summed E-state index contributed by atoms with van der Waals surface area (Å²) in [5, 5.41) is 6.92. The summed E-state index contributed by atoms with van der Waals surface area (Å²) < 4.78 is 62.0. The van der Waals surface area contributed by atoms with E-state index in [4.69, 9.17) is 16.7 Å². The van der Waals surface area contributed by atoms with Crippen molar-refractivity contribution in [1.82, 2.24) is 0 Å². The minimum absolute atomic E-state index is 0.0550. The quantitative estimate of drug-likeness (QED) is 0.810. The van der Waals surface area contributed by atoms with Crippen molar-refractivity contribution in [2.75, 3.05) is 5.32 Å². The molecule has 0 saturated heterocycles. The number of carbonyl (C=O) groups is 1. The SMILES string of the molecule is Cc1cc(C(=O)Nc2ccc(Cl)c(C(F)(F)F)c2)cc(S(N)(=O)=O)c1C. The van der Waals surface area contributed by atoms with Gasteiger partial charge in [0.2, 0.25) is 10.0 Å². The molecule has 2 aromatic carbocycles. The third-order valence-corrected chi connectivity index (χ3v) is 5.08. The monoisotopic (exact) mass is 406 g/mol. The summed E-state index contributed by atoms with van der Waals surface area (Å²) in [4.78, 5) is 12.1. The number of anilines is 1. The molecule has 0 spiro atoms. The minimum Gasteiger partial charge on any atom is -0.322 e. The largest absolute Gasteiger partial charge is 0.417 e. The second-order valence-electron chi connectivity index (χ2n) is 5.61. The molecule has 0 aliphatic rings. The predicted molar refractivity (Wildman–Crippen MR) is 91.7 cm³/mol. The highest BCUT2D eigenvalue weighted by Crippen LogP contribution is 2.36. The molecular weight excluding hydrogens is 393 g/mol. The van der Waals surface area contributed by atoms with Crippen LogP contribution in [0.15, 0.2) is 35.2 Å². The molecule has 0 aromatic heterocycles. The zero-order valence-corrected chi connectivity index (χ0v) is 15.2. The average Bonchev–Trinajstić information content (AvgIpc) is 2.49. The van der Waals surface area contributed by atoms with Crippen LogP contribution < -0.4 is 10.5 Å². The molecule has 2 aromatic rings. The van der Waals surface area contributed by atoms with Crippen LogP contribution in [0.1, 0.15) is 27.0 Å². The lowest BCUT2D eigenvalue weighted by Crippen LogP contribution is -2.18. The molecule has 0 radical (unpaired) electrons. The molecule has 0 aliphatic carbocycles. The van der Waals surface area contributed by atoms with Crippen molar-refractivity contribution in [2.24, 2.45) is 5.14 Å². The van der Waals surface area contributed by atoms with E-state index in [0.29, 0.717) is 17.2 Å². The van der Waals surface area contributed by atoms with Crippen LogP contribution >= 0.6 is 11.6 Å². The van der Waals surface area contributed by atoms with Gasteiger partial charge in [-0.25, -0.2) is 13.6 Å². The second-order valence-corrected chi connectivity index (χ2v) is 7.54. The van der Waals surface area contributed by atoms with Gasteiger partial charge in [-0.3, -0.25) is 4.79 Å². The topological polar surface area (TPSA) is 89.3 Å². The number of alkyl halides is 3. The van der Waals surface area contributed by atoms with Crippen LogP contribution in [0.4, 0.5) is 18.9 Å². The number of nitrogens with one attached hydrogen (secondary N) is 1. The lowest BCUT2D eigenvalue weighted by atomic mass is 10.1. The van der Waals surface area contributed by atoms with E-state index in [1.54, 1.807) is 6.92 Å². The van der Waals surface area contributed by atoms with Crippen molar-refractivity contribution in [3.63, 3.8) is 0 Å². The number of aryl methyl sites for hydroxylation is 1. The average molecular weight is 407 g/mol. The molecule has 0 unspecified atom stereocenters. The number of hydrogen-bond donors (Lipinski definition) is 2. The van der Waals surface area contributed by atoms with Crippen molar-refractivity contribution < 1.29 is 26.4 Å². The molecule has 140 valence electrons. The van der Waals surface area contributed by atoms with Crippen LogP contribution in [0.2, 0.25) is 5.02 Å². The number of benzene rings is 2. The Hall–Kier alpha value is -2.10. The summed E-state index contributed by atoms with van der Waals surface area (Å²) in [6.45, 7) is 3.12. The molecule has 0 heterocycles. The fourth-order valence-electron chi connectivity index (χ4n) is 2.28. The van der Waals surface area contributed by atoms with Crippen LogP contribution in [-0.4, -0.2) is 14.3 Å². The number of hydrogen-bond acceptors (Lipinski definition) is 3. The maximum absolute atomic E-state index is 12.9. The van der Waals surface area contributed by atoms with Gasteiger partial charge in [-0.2, -0.15) is 13.2 Å². The first-order chi connectivity index (χ1) is 11.8. The Bertz CT molecular complexity index is 989. The number of halogens is 4. The molecule has 1 amide bonds. The highest BCUT2D eigenvalue weighted by Gasteiger charge is 2.33. The first kappa shape index (κ1) is 20.2. The standard InChI is InChI=1S/C16H14ClF3N2O3S/c1-8-5-10(6-14(9(8)2)26(21,24)25)15(23)22-11-3-4-13(17)12(7-11)16(18,19)20/h3-7H,1-2H3,(H,22,23)(H2,21,24,25). The van der Waals surface area contributed by atoms with E-state index in [-0.39, 0.29) is 16.1 Å². The van der Waals surface area contributed by atoms with Crippen molar-refractivity contribution >= 4 is 33.2 Å². The molecule has 5 nitrogen and oxygen atoms in total. The third-order valence-electron chi connectivity index (χ3n) is 3.72. The van der Waals surface area contributed by atoms with Gasteiger partial charge in [0, 0.05) is 11.3 Å². The Morgan fingerprint density at radius 2 is 1.77 bits per heavy atom. The molecule has 2 rings (SSSR count). The first-order valence-corrected chi connectivity index (χ1v) is 9.05. The molecule has 0 fully saturated rings. The van der Waals surface area contributed by atoms with Crippen molar-refractivity contribution in [3.8, 4) is 0 Å². The predicted octanol–water partition coefficient (Wildman–Crippen LogP) is 3.88. The minimum atomic E-state index is -4.68. The molecule has 26 heavy (non-hydrogen) atoms. The number of nitrogens with two attached hydrogens (primary N) is 1. The molecule has 0 bridgehead atoms. The number of carbonyl (C=O) groups excluding carboxylic acids is 1. The van der Waals surface area contributed by atoms with Crippen LogP contribution in [-0.2, 0) is 16.2 Å². The summed E-state index contributed by atoms with van der Waals surface area (Å²) in [5.41, 5.74) is -0.409. The van der Waals surface area contributed by atoms with Crippen LogP contribution in [0.3, 0.4) is 0 Å². The van der Waals surface area contributed by atoms with Gasteiger partial charge in [-0.05, 0) is 55.3 Å². The summed E-state index contributed by atoms with van der Waals surface area (Å²) in [6, 6.07) is 5.41. The Morgan fingerprint density at radius 3 is 2.31 bits per heavy atom. The van der Waals surface area contributed by atoms with Gasteiger partial charge in [0.15, 0.2) is 0 Å². The molecular formula is C16H14ClF3N2O3S. The van der Waals surface area contributed by atoms with Gasteiger partial charge in [0.05, 0.1) is 15.5 Å². The summed E-state index contributed by atoms with van der Waals surface area (Å²) >= 11 is 5.53. The van der Waals surface area contributed by atoms with Crippen LogP contribution in [0, 0.1) is 13.8 Å². The van der Waals surface area contributed by atoms with E-state index >= 15 is 0 Å². The van der Waals surface area contributed by atoms with Gasteiger partial charge in [-0.1, -0.05) is 11.6 Å². The normalized spacial score (nSPS) is 12.1. The fraction of sp³-hybridized carbons (Fsp3) is 0.188. The Morgan fingerprint density at radius 1 is 1.15 bits per heavy atom. The second kappa shape index (κ2) is 6.90. The van der Waals surface area contributed by atoms with Crippen molar-refractivity contribution in [1.29, 1.82) is 0 Å². The highest BCUT2D eigenvalue weighted by molar-refractivity contribution is 7.89. The van der Waals surface area contributed by atoms with E-state index in [2.05, 4.69) is 5.32 Å². The van der Waals surface area contributed by atoms with Gasteiger partial charge in [0.25, 0.3) is 5.91 Å². The number of primary sulfonamides is 1. The first-order valence-electron chi connectivity index (χ1n) is 7.13. The van der Waals surface area contributed by atoms with Crippen molar-refractivity contribution in [3.05, 3.63) is 57.6 Å². The summed E-state index contributed by atoms with van der Waals surface area (Å²) in [5.74, 6) is -0.784. The number of rotatable bonds is 3. The van der Waals surface area contributed by atoms with E-state index in [1.807, 2.05) is 0 Å². The Labute approximate surface area is 153 Å². The Balaban J connectivity index is 2.42. The van der Waals surface area contributed by atoms with Crippen LogP contribution in [0.25, 0.3) is 0 Å². The van der Waals surface area contributed by atoms with Gasteiger partial charge < -0.3 is 5.32 Å². The third kappa shape index (κ3) is 4.35. The summed E-state index contributed by atoms with van der Waals surface area (Å²) in [7, 11) is -4.06. The maximum atomic E-state index is 12.9. The molecule has 10 heteroatoms. The zero-order chi connectivity index (χ0) is 19.9. The smallest absolute Gasteiger partial charge is 0.322 e. The molecule has 3 N–H and O–H groups in total. The Kier molecular flexibility index (Phi) is 5.36. The fourth-order valence-corrected chi connectivity index (χ4v) is 3.38. The molecule has 0 atom stereocenters. The lowest BCUT2D eigenvalue weighted by molar-refractivity contribution is -0.137. The van der Waals surface area contributed by atoms with E-state index < -0.39 is 32.7 Å². The zero-order valence-electron chi connectivity index (χ0n) is 13.6. The summed E-state index contributed by atoms with van der Waals surface area (Å²) in [6.07, 6.45) is -4.68.